The molecular formula is C15H12BrClN2O. The summed E-state index contributed by atoms with van der Waals surface area (Å²) in [6.45, 7) is 2.01. The Morgan fingerprint density at radius 2 is 2.05 bits per heavy atom. The van der Waals surface area contributed by atoms with E-state index in [1.165, 1.54) is 0 Å². The van der Waals surface area contributed by atoms with E-state index in [0.29, 0.717) is 5.02 Å². The van der Waals surface area contributed by atoms with Gasteiger partial charge in [0, 0.05) is 26.4 Å². The molecule has 1 aliphatic rings. The molecule has 0 saturated heterocycles. The number of amides is 1. The molecular weight excluding hydrogens is 340 g/mol. The van der Waals surface area contributed by atoms with Gasteiger partial charge in [-0.15, -0.1) is 0 Å². The smallest absolute Gasteiger partial charge is 0.251 e. The Morgan fingerprint density at radius 1 is 1.25 bits per heavy atom. The van der Waals surface area contributed by atoms with Crippen LogP contribution in [0.3, 0.4) is 0 Å². The zero-order valence-corrected chi connectivity index (χ0v) is 13.0. The standard InChI is InChI=1S/C15H12BrClN2O/c1-8-6-10(3-4-12(8)16)18-14-11-7-9(17)2-5-13(11)19-15(14)20/h2-7,14,18H,1H3,(H,19,20). The van der Waals surface area contributed by atoms with Crippen LogP contribution in [0.25, 0.3) is 0 Å². The molecule has 20 heavy (non-hydrogen) atoms. The van der Waals surface area contributed by atoms with E-state index >= 15 is 0 Å². The number of fused-ring (bicyclic) bond motifs is 1. The van der Waals surface area contributed by atoms with Gasteiger partial charge in [-0.1, -0.05) is 27.5 Å². The Bertz CT molecular complexity index is 702. The second kappa shape index (κ2) is 5.11. The molecule has 102 valence electrons. The van der Waals surface area contributed by atoms with Gasteiger partial charge in [0.05, 0.1) is 0 Å². The van der Waals surface area contributed by atoms with Gasteiger partial charge in [-0.2, -0.15) is 0 Å². The highest BCUT2D eigenvalue weighted by atomic mass is 79.9. The molecule has 3 nitrogen and oxygen atoms in total. The molecule has 1 unspecified atom stereocenters. The summed E-state index contributed by atoms with van der Waals surface area (Å²) >= 11 is 9.48. The van der Waals surface area contributed by atoms with Gasteiger partial charge in [0.25, 0.3) is 5.91 Å². The molecule has 0 saturated carbocycles. The highest BCUT2D eigenvalue weighted by molar-refractivity contribution is 9.10. The summed E-state index contributed by atoms with van der Waals surface area (Å²) < 4.78 is 1.04. The van der Waals surface area contributed by atoms with Crippen LogP contribution in [0.15, 0.2) is 40.9 Å². The number of aryl methyl sites for hydroxylation is 1. The second-order valence-electron chi connectivity index (χ2n) is 4.76. The van der Waals surface area contributed by atoms with Crippen molar-refractivity contribution in [1.82, 2.24) is 0 Å². The third-order valence-corrected chi connectivity index (χ3v) is 4.44. The maximum Gasteiger partial charge on any atom is 0.251 e. The number of halogens is 2. The molecule has 1 aliphatic heterocycles. The summed E-state index contributed by atoms with van der Waals surface area (Å²) in [6, 6.07) is 10.9. The number of carbonyl (C=O) groups is 1. The summed E-state index contributed by atoms with van der Waals surface area (Å²) in [6.07, 6.45) is 0. The molecule has 5 heteroatoms. The molecule has 0 bridgehead atoms. The van der Waals surface area contributed by atoms with Crippen LogP contribution in [0.4, 0.5) is 11.4 Å². The molecule has 3 rings (SSSR count). The number of hydrogen-bond acceptors (Lipinski definition) is 2. The Hall–Kier alpha value is -1.52. The van der Waals surface area contributed by atoms with Crippen molar-refractivity contribution in [2.45, 2.75) is 13.0 Å². The van der Waals surface area contributed by atoms with Crippen molar-refractivity contribution in [3.63, 3.8) is 0 Å². The number of carbonyl (C=O) groups excluding carboxylic acids is 1. The molecule has 0 fully saturated rings. The van der Waals surface area contributed by atoms with Gasteiger partial charge in [0.15, 0.2) is 0 Å². The van der Waals surface area contributed by atoms with Crippen molar-refractivity contribution in [2.24, 2.45) is 0 Å². The van der Waals surface area contributed by atoms with Crippen molar-refractivity contribution in [3.8, 4) is 0 Å². The molecule has 2 aromatic rings. The Kier molecular flexibility index (Phi) is 3.44. The van der Waals surface area contributed by atoms with Crippen molar-refractivity contribution >= 4 is 44.8 Å². The van der Waals surface area contributed by atoms with Crippen molar-refractivity contribution < 1.29 is 4.79 Å². The zero-order valence-electron chi connectivity index (χ0n) is 10.7. The first-order valence-corrected chi connectivity index (χ1v) is 7.35. The lowest BCUT2D eigenvalue weighted by atomic mass is 10.1. The van der Waals surface area contributed by atoms with Crippen LogP contribution >= 0.6 is 27.5 Å². The highest BCUT2D eigenvalue weighted by Gasteiger charge is 2.30. The topological polar surface area (TPSA) is 41.1 Å². The van der Waals surface area contributed by atoms with Crippen molar-refractivity contribution in [1.29, 1.82) is 0 Å². The third kappa shape index (κ3) is 2.41. The van der Waals surface area contributed by atoms with Gasteiger partial charge >= 0.3 is 0 Å². The van der Waals surface area contributed by atoms with Crippen LogP contribution in [0.5, 0.6) is 0 Å². The predicted molar refractivity (Wildman–Crippen MR) is 85.3 cm³/mol. The van der Waals surface area contributed by atoms with Crippen LogP contribution in [0.1, 0.15) is 17.2 Å². The predicted octanol–water partition coefficient (Wildman–Crippen LogP) is 4.52. The van der Waals surface area contributed by atoms with Gasteiger partial charge in [-0.3, -0.25) is 4.79 Å². The Balaban J connectivity index is 1.93. The van der Waals surface area contributed by atoms with Gasteiger partial charge in [0.2, 0.25) is 0 Å². The first-order chi connectivity index (χ1) is 9.54. The lowest BCUT2D eigenvalue weighted by molar-refractivity contribution is -0.116. The highest BCUT2D eigenvalue weighted by Crippen LogP contribution is 2.35. The van der Waals surface area contributed by atoms with E-state index in [2.05, 4.69) is 26.6 Å². The average Bonchev–Trinajstić information content (AvgIpc) is 2.70. The van der Waals surface area contributed by atoms with E-state index in [4.69, 9.17) is 11.6 Å². The van der Waals surface area contributed by atoms with Gasteiger partial charge in [0.1, 0.15) is 6.04 Å². The minimum atomic E-state index is -0.413. The largest absolute Gasteiger partial charge is 0.370 e. The van der Waals surface area contributed by atoms with E-state index in [0.717, 1.165) is 27.0 Å². The summed E-state index contributed by atoms with van der Waals surface area (Å²) in [5.41, 5.74) is 3.70. The van der Waals surface area contributed by atoms with Crippen LogP contribution in [0.2, 0.25) is 5.02 Å². The SMILES string of the molecule is Cc1cc(NC2C(=O)Nc3ccc(Cl)cc32)ccc1Br. The maximum atomic E-state index is 12.1. The number of rotatable bonds is 2. The van der Waals surface area contributed by atoms with Crippen molar-refractivity contribution in [2.75, 3.05) is 10.6 Å². The quantitative estimate of drug-likeness (QED) is 0.835. The number of anilines is 2. The molecule has 0 radical (unpaired) electrons. The normalized spacial score (nSPS) is 16.8. The molecule has 2 aromatic carbocycles. The summed E-state index contributed by atoms with van der Waals surface area (Å²) in [5, 5.41) is 6.73. The van der Waals surface area contributed by atoms with Gasteiger partial charge in [-0.05, 0) is 48.9 Å². The molecule has 0 aromatic heterocycles. The summed E-state index contributed by atoms with van der Waals surface area (Å²) in [5.74, 6) is -0.0668. The monoisotopic (exact) mass is 350 g/mol. The molecule has 0 aliphatic carbocycles. The lowest BCUT2D eigenvalue weighted by Crippen LogP contribution is -2.19. The van der Waals surface area contributed by atoms with Crippen LogP contribution in [-0.2, 0) is 4.79 Å². The van der Waals surface area contributed by atoms with E-state index in [1.54, 1.807) is 6.07 Å². The van der Waals surface area contributed by atoms with Crippen molar-refractivity contribution in [3.05, 3.63) is 57.0 Å². The van der Waals surface area contributed by atoms with Crippen LogP contribution < -0.4 is 10.6 Å². The lowest BCUT2D eigenvalue weighted by Gasteiger charge is -2.14. The molecule has 2 N–H and O–H groups in total. The molecule has 1 atom stereocenters. The number of benzene rings is 2. The van der Waals surface area contributed by atoms with Crippen LogP contribution in [0, 0.1) is 6.92 Å². The second-order valence-corrected chi connectivity index (χ2v) is 6.05. The van der Waals surface area contributed by atoms with E-state index in [9.17, 15) is 4.79 Å². The average molecular weight is 352 g/mol. The minimum Gasteiger partial charge on any atom is -0.370 e. The third-order valence-electron chi connectivity index (χ3n) is 3.31. The number of nitrogens with one attached hydrogen (secondary N) is 2. The summed E-state index contributed by atoms with van der Waals surface area (Å²) in [4.78, 5) is 12.1. The fourth-order valence-corrected chi connectivity index (χ4v) is 2.70. The first-order valence-electron chi connectivity index (χ1n) is 6.17. The number of hydrogen-bond donors (Lipinski definition) is 2. The van der Waals surface area contributed by atoms with E-state index in [1.807, 2.05) is 37.3 Å². The van der Waals surface area contributed by atoms with Gasteiger partial charge < -0.3 is 10.6 Å². The molecule has 1 heterocycles. The fraction of sp³-hybridized carbons (Fsp3) is 0.133. The van der Waals surface area contributed by atoms with Crippen LogP contribution in [-0.4, -0.2) is 5.91 Å². The van der Waals surface area contributed by atoms with Gasteiger partial charge in [-0.25, -0.2) is 0 Å². The summed E-state index contributed by atoms with van der Waals surface area (Å²) in [7, 11) is 0. The molecule has 1 amide bonds. The Morgan fingerprint density at radius 3 is 2.80 bits per heavy atom. The fourth-order valence-electron chi connectivity index (χ4n) is 2.28. The molecule has 0 spiro atoms. The Labute approximate surface area is 130 Å². The zero-order chi connectivity index (χ0) is 14.3. The first kappa shape index (κ1) is 13.5. The van der Waals surface area contributed by atoms with E-state index in [-0.39, 0.29) is 5.91 Å². The minimum absolute atomic E-state index is 0.0668. The maximum absolute atomic E-state index is 12.1. The van der Waals surface area contributed by atoms with E-state index < -0.39 is 6.04 Å².